The zero-order valence-corrected chi connectivity index (χ0v) is 18.8. The second kappa shape index (κ2) is 8.78. The van der Waals surface area contributed by atoms with Crippen molar-refractivity contribution >= 4 is 23.1 Å². The van der Waals surface area contributed by atoms with Crippen molar-refractivity contribution < 1.29 is 24.2 Å². The SMILES string of the molecule is COc1ccc(OC)c(/C(O)=C2\C(=O)C(=O)N(c3ccc(C)c(C)c3)C2c2cccnc2)c1. The van der Waals surface area contributed by atoms with Crippen molar-refractivity contribution in [3.05, 3.63) is 88.8 Å². The Balaban J connectivity index is 1.98. The first-order valence-corrected chi connectivity index (χ1v) is 10.4. The van der Waals surface area contributed by atoms with E-state index in [0.717, 1.165) is 11.1 Å². The number of hydrogen-bond acceptors (Lipinski definition) is 6. The molecule has 0 spiro atoms. The van der Waals surface area contributed by atoms with E-state index in [1.165, 1.54) is 19.1 Å². The second-order valence-electron chi connectivity index (χ2n) is 7.79. The van der Waals surface area contributed by atoms with Gasteiger partial charge in [0.1, 0.15) is 17.3 Å². The van der Waals surface area contributed by atoms with E-state index >= 15 is 0 Å². The van der Waals surface area contributed by atoms with E-state index in [0.29, 0.717) is 22.7 Å². The van der Waals surface area contributed by atoms with Crippen LogP contribution in [-0.4, -0.2) is 36.0 Å². The molecule has 0 radical (unpaired) electrons. The van der Waals surface area contributed by atoms with E-state index in [4.69, 9.17) is 9.47 Å². The summed E-state index contributed by atoms with van der Waals surface area (Å²) in [6, 6.07) is 13.1. The molecule has 1 aliphatic rings. The van der Waals surface area contributed by atoms with Crippen molar-refractivity contribution in [2.75, 3.05) is 19.1 Å². The normalized spacial score (nSPS) is 17.3. The molecule has 1 saturated heterocycles. The van der Waals surface area contributed by atoms with Crippen molar-refractivity contribution in [2.24, 2.45) is 0 Å². The number of aliphatic hydroxyl groups is 1. The van der Waals surface area contributed by atoms with Crippen LogP contribution in [0, 0.1) is 13.8 Å². The molecule has 7 heteroatoms. The lowest BCUT2D eigenvalue weighted by Crippen LogP contribution is -2.29. The number of aromatic nitrogens is 1. The van der Waals surface area contributed by atoms with Crippen LogP contribution in [-0.2, 0) is 9.59 Å². The number of anilines is 1. The van der Waals surface area contributed by atoms with Gasteiger partial charge in [-0.25, -0.2) is 0 Å². The predicted octanol–water partition coefficient (Wildman–Crippen LogP) is 4.34. The topological polar surface area (TPSA) is 89.0 Å². The highest BCUT2D eigenvalue weighted by Gasteiger charge is 2.47. The number of aliphatic hydroxyl groups excluding tert-OH is 1. The molecule has 0 bridgehead atoms. The average molecular weight is 444 g/mol. The van der Waals surface area contributed by atoms with Crippen molar-refractivity contribution in [1.82, 2.24) is 4.98 Å². The Hall–Kier alpha value is -4.13. The summed E-state index contributed by atoms with van der Waals surface area (Å²) in [4.78, 5) is 32.1. The number of ketones is 1. The van der Waals surface area contributed by atoms with Crippen LogP contribution in [0.25, 0.3) is 5.76 Å². The van der Waals surface area contributed by atoms with Crippen molar-refractivity contribution in [1.29, 1.82) is 0 Å². The molecule has 1 fully saturated rings. The van der Waals surface area contributed by atoms with Crippen LogP contribution in [0.15, 0.2) is 66.5 Å². The summed E-state index contributed by atoms with van der Waals surface area (Å²) in [6.07, 6.45) is 3.19. The lowest BCUT2D eigenvalue weighted by Gasteiger charge is -2.26. The fourth-order valence-corrected chi connectivity index (χ4v) is 3.97. The van der Waals surface area contributed by atoms with Gasteiger partial charge in [0.05, 0.1) is 31.4 Å². The molecular formula is C26H24N2O5. The van der Waals surface area contributed by atoms with Crippen LogP contribution in [0.5, 0.6) is 11.5 Å². The van der Waals surface area contributed by atoms with Crippen molar-refractivity contribution in [2.45, 2.75) is 19.9 Å². The second-order valence-corrected chi connectivity index (χ2v) is 7.79. The maximum atomic E-state index is 13.3. The van der Waals surface area contributed by atoms with Gasteiger partial charge in [-0.3, -0.25) is 19.5 Å². The lowest BCUT2D eigenvalue weighted by molar-refractivity contribution is -0.132. The minimum Gasteiger partial charge on any atom is -0.507 e. The molecule has 7 nitrogen and oxygen atoms in total. The Morgan fingerprint density at radius 1 is 1.00 bits per heavy atom. The smallest absolute Gasteiger partial charge is 0.300 e. The third-order valence-corrected chi connectivity index (χ3v) is 5.88. The van der Waals surface area contributed by atoms with Gasteiger partial charge in [0.25, 0.3) is 11.7 Å². The van der Waals surface area contributed by atoms with E-state index < -0.39 is 17.7 Å². The molecule has 1 aromatic heterocycles. The van der Waals surface area contributed by atoms with Gasteiger partial charge in [-0.2, -0.15) is 0 Å². The quantitative estimate of drug-likeness (QED) is 0.358. The van der Waals surface area contributed by atoms with E-state index in [9.17, 15) is 14.7 Å². The van der Waals surface area contributed by atoms with Crippen LogP contribution in [0.2, 0.25) is 0 Å². The molecule has 0 saturated carbocycles. The molecule has 1 atom stereocenters. The van der Waals surface area contributed by atoms with Crippen LogP contribution in [0.1, 0.15) is 28.3 Å². The molecular weight excluding hydrogens is 420 g/mol. The first-order chi connectivity index (χ1) is 15.9. The summed E-state index contributed by atoms with van der Waals surface area (Å²) in [5.41, 5.74) is 3.41. The van der Waals surface area contributed by atoms with Crippen LogP contribution in [0.3, 0.4) is 0 Å². The molecule has 1 amide bonds. The summed E-state index contributed by atoms with van der Waals surface area (Å²) in [5.74, 6) is -1.04. The van der Waals surface area contributed by atoms with Crippen LogP contribution in [0.4, 0.5) is 5.69 Å². The highest BCUT2D eigenvalue weighted by atomic mass is 16.5. The van der Waals surface area contributed by atoms with Gasteiger partial charge in [-0.15, -0.1) is 0 Å². The number of rotatable bonds is 5. The van der Waals surface area contributed by atoms with E-state index in [2.05, 4.69) is 4.98 Å². The van der Waals surface area contributed by atoms with Gasteiger partial charge in [-0.1, -0.05) is 12.1 Å². The molecule has 2 heterocycles. The Bertz CT molecular complexity index is 1270. The van der Waals surface area contributed by atoms with E-state index in [-0.39, 0.29) is 16.9 Å². The first-order valence-electron chi connectivity index (χ1n) is 10.4. The number of aryl methyl sites for hydroxylation is 2. The van der Waals surface area contributed by atoms with Gasteiger partial charge < -0.3 is 14.6 Å². The molecule has 168 valence electrons. The Morgan fingerprint density at radius 2 is 1.79 bits per heavy atom. The minimum atomic E-state index is -0.864. The molecule has 1 unspecified atom stereocenters. The van der Waals surface area contributed by atoms with Crippen molar-refractivity contribution in [3.8, 4) is 11.5 Å². The van der Waals surface area contributed by atoms with Crippen LogP contribution < -0.4 is 14.4 Å². The fraction of sp³-hybridized carbons (Fsp3) is 0.192. The average Bonchev–Trinajstić information content (AvgIpc) is 3.11. The summed E-state index contributed by atoms with van der Waals surface area (Å²) < 4.78 is 10.7. The third kappa shape index (κ3) is 3.82. The molecule has 3 aromatic rings. The molecule has 2 aromatic carbocycles. The zero-order valence-electron chi connectivity index (χ0n) is 18.8. The van der Waals surface area contributed by atoms with Gasteiger partial charge >= 0.3 is 0 Å². The maximum absolute atomic E-state index is 13.3. The summed E-state index contributed by atoms with van der Waals surface area (Å²) in [5, 5.41) is 11.4. The molecule has 1 N–H and O–H groups in total. The van der Waals surface area contributed by atoms with Crippen LogP contribution >= 0.6 is 0 Å². The molecule has 4 rings (SSSR count). The predicted molar refractivity (Wildman–Crippen MR) is 124 cm³/mol. The highest BCUT2D eigenvalue weighted by Crippen LogP contribution is 2.43. The van der Waals surface area contributed by atoms with E-state index in [1.54, 1.807) is 48.8 Å². The number of amides is 1. The maximum Gasteiger partial charge on any atom is 0.300 e. The minimum absolute atomic E-state index is 0.0437. The largest absolute Gasteiger partial charge is 0.507 e. The number of methoxy groups -OCH3 is 2. The number of hydrogen-bond donors (Lipinski definition) is 1. The fourth-order valence-electron chi connectivity index (χ4n) is 3.97. The van der Waals surface area contributed by atoms with E-state index in [1.807, 2.05) is 26.0 Å². The third-order valence-electron chi connectivity index (χ3n) is 5.88. The Labute approximate surface area is 191 Å². The van der Waals surface area contributed by atoms with Gasteiger partial charge in [0, 0.05) is 18.1 Å². The molecule has 0 aliphatic carbocycles. The van der Waals surface area contributed by atoms with Crippen molar-refractivity contribution in [3.63, 3.8) is 0 Å². The summed E-state index contributed by atoms with van der Waals surface area (Å²) in [7, 11) is 2.96. The van der Waals surface area contributed by atoms with Gasteiger partial charge in [0.15, 0.2) is 0 Å². The number of ether oxygens (including phenoxy) is 2. The molecule has 1 aliphatic heterocycles. The highest BCUT2D eigenvalue weighted by molar-refractivity contribution is 6.51. The number of pyridine rings is 1. The zero-order chi connectivity index (χ0) is 23.7. The standard InChI is InChI=1S/C26H24N2O5/c1-15-7-8-18(12-16(15)2)28-23(17-6-5-11-27-14-17)22(25(30)26(28)31)24(29)20-13-19(32-3)9-10-21(20)33-4/h5-14,23,29H,1-4H3/b24-22+. The summed E-state index contributed by atoms with van der Waals surface area (Å²) in [6.45, 7) is 3.91. The first kappa shape index (κ1) is 22.1. The Morgan fingerprint density at radius 3 is 2.42 bits per heavy atom. The number of nitrogens with zero attached hydrogens (tertiary/aromatic N) is 2. The molecule has 33 heavy (non-hydrogen) atoms. The summed E-state index contributed by atoms with van der Waals surface area (Å²) >= 11 is 0. The van der Waals surface area contributed by atoms with Gasteiger partial charge in [0.2, 0.25) is 0 Å². The lowest BCUT2D eigenvalue weighted by atomic mass is 9.95. The number of carbonyl (C=O) groups is 2. The monoisotopic (exact) mass is 444 g/mol. The van der Waals surface area contributed by atoms with Gasteiger partial charge in [-0.05, 0) is 66.9 Å². The number of benzene rings is 2. The number of Topliss-reactive ketones (excluding diaryl/α,β-unsaturated/α-hetero) is 1. The number of carbonyl (C=O) groups excluding carboxylic acids is 2. The Kier molecular flexibility index (Phi) is 5.87.